The van der Waals surface area contributed by atoms with Gasteiger partial charge in [-0.25, -0.2) is 4.98 Å². The molecule has 1 aromatic heterocycles. The van der Waals surface area contributed by atoms with Gasteiger partial charge in [0.25, 0.3) is 5.91 Å². The summed E-state index contributed by atoms with van der Waals surface area (Å²) < 4.78 is 0. The molecule has 116 valence electrons. The highest BCUT2D eigenvalue weighted by Crippen LogP contribution is 2.15. The van der Waals surface area contributed by atoms with Gasteiger partial charge < -0.3 is 10.4 Å². The van der Waals surface area contributed by atoms with Gasteiger partial charge in [-0.05, 0) is 23.3 Å². The molecule has 0 spiro atoms. The van der Waals surface area contributed by atoms with E-state index in [-0.39, 0.29) is 12.5 Å². The number of nitrogens with one attached hydrogen (secondary N) is 2. The quantitative estimate of drug-likeness (QED) is 0.671. The average molecular weight is 308 g/mol. The Morgan fingerprint density at radius 1 is 1.13 bits per heavy atom. The lowest BCUT2D eigenvalue weighted by atomic mass is 10.1. The van der Waals surface area contributed by atoms with Crippen molar-refractivity contribution >= 4 is 5.91 Å². The minimum atomic E-state index is -0.181. The molecular formula is C17H16N4O2. The van der Waals surface area contributed by atoms with Crippen molar-refractivity contribution in [3.8, 4) is 11.4 Å². The molecule has 0 aliphatic carbocycles. The van der Waals surface area contributed by atoms with E-state index in [0.29, 0.717) is 17.9 Å². The number of aromatic nitrogens is 3. The number of aromatic amines is 1. The number of rotatable bonds is 5. The molecule has 23 heavy (non-hydrogen) atoms. The van der Waals surface area contributed by atoms with Crippen LogP contribution in [-0.4, -0.2) is 26.2 Å². The Labute approximate surface area is 133 Å². The van der Waals surface area contributed by atoms with E-state index in [1.165, 1.54) is 6.33 Å². The predicted molar refractivity (Wildman–Crippen MR) is 85.4 cm³/mol. The number of hydrogen-bond acceptors (Lipinski definition) is 4. The Kier molecular flexibility index (Phi) is 4.44. The maximum Gasteiger partial charge on any atom is 0.251 e. The highest BCUT2D eigenvalue weighted by Gasteiger charge is 2.09. The van der Waals surface area contributed by atoms with Crippen molar-refractivity contribution in [2.75, 3.05) is 0 Å². The lowest BCUT2D eigenvalue weighted by molar-refractivity contribution is 0.0950. The molecule has 3 rings (SSSR count). The number of benzene rings is 2. The van der Waals surface area contributed by atoms with Gasteiger partial charge in [-0.2, -0.15) is 5.10 Å². The Hall–Kier alpha value is -2.99. The second-order valence-electron chi connectivity index (χ2n) is 5.02. The number of H-pyrrole nitrogens is 1. The first-order valence-corrected chi connectivity index (χ1v) is 7.19. The van der Waals surface area contributed by atoms with E-state index >= 15 is 0 Å². The number of carbonyl (C=O) groups excluding carboxylic acids is 1. The van der Waals surface area contributed by atoms with Gasteiger partial charge in [0.1, 0.15) is 6.33 Å². The minimum absolute atomic E-state index is 0.0486. The number of nitrogens with zero attached hydrogens (tertiary/aromatic N) is 2. The highest BCUT2D eigenvalue weighted by atomic mass is 16.3. The van der Waals surface area contributed by atoms with E-state index < -0.39 is 0 Å². The van der Waals surface area contributed by atoms with E-state index in [2.05, 4.69) is 20.5 Å². The molecule has 3 N–H and O–H groups in total. The Balaban J connectivity index is 1.72. The summed E-state index contributed by atoms with van der Waals surface area (Å²) in [6.45, 7) is 0.315. The van der Waals surface area contributed by atoms with Crippen molar-refractivity contribution in [3.63, 3.8) is 0 Å². The largest absolute Gasteiger partial charge is 0.392 e. The monoisotopic (exact) mass is 308 g/mol. The third kappa shape index (κ3) is 3.44. The standard InChI is InChI=1S/C17H16N4O2/c22-10-15-5-2-1-4-14(15)9-18-17(23)13-7-3-6-12(8-13)16-19-11-20-21-16/h1-8,11,22H,9-10H2,(H,18,23)(H,19,20,21). The minimum Gasteiger partial charge on any atom is -0.392 e. The van der Waals surface area contributed by atoms with Crippen LogP contribution in [0.3, 0.4) is 0 Å². The lowest BCUT2D eigenvalue weighted by Crippen LogP contribution is -2.23. The molecule has 0 saturated carbocycles. The van der Waals surface area contributed by atoms with E-state index in [9.17, 15) is 9.90 Å². The van der Waals surface area contributed by atoms with Crippen LogP contribution in [-0.2, 0) is 13.2 Å². The summed E-state index contributed by atoms with van der Waals surface area (Å²) in [7, 11) is 0. The zero-order valence-electron chi connectivity index (χ0n) is 12.4. The van der Waals surface area contributed by atoms with Crippen LogP contribution in [0.1, 0.15) is 21.5 Å². The third-order valence-electron chi connectivity index (χ3n) is 3.54. The molecular weight excluding hydrogens is 292 g/mol. The summed E-state index contributed by atoms with van der Waals surface area (Å²) in [5, 5.41) is 18.8. The average Bonchev–Trinajstić information content (AvgIpc) is 3.14. The van der Waals surface area contributed by atoms with Crippen LogP contribution in [0.2, 0.25) is 0 Å². The zero-order valence-corrected chi connectivity index (χ0v) is 12.4. The molecule has 0 atom stereocenters. The molecule has 0 saturated heterocycles. The third-order valence-corrected chi connectivity index (χ3v) is 3.54. The molecule has 1 amide bonds. The Bertz CT molecular complexity index is 800. The van der Waals surface area contributed by atoms with Gasteiger partial charge in [-0.3, -0.25) is 9.89 Å². The number of aliphatic hydroxyl groups is 1. The van der Waals surface area contributed by atoms with Crippen molar-refractivity contribution in [2.45, 2.75) is 13.2 Å². The maximum absolute atomic E-state index is 12.3. The SMILES string of the molecule is O=C(NCc1ccccc1CO)c1cccc(-c2ncn[nH]2)c1. The van der Waals surface area contributed by atoms with Crippen LogP contribution in [0.5, 0.6) is 0 Å². The van der Waals surface area contributed by atoms with Gasteiger partial charge in [0.15, 0.2) is 5.82 Å². The first-order valence-electron chi connectivity index (χ1n) is 7.19. The van der Waals surface area contributed by atoms with Crippen LogP contribution < -0.4 is 5.32 Å². The first-order chi connectivity index (χ1) is 11.3. The van der Waals surface area contributed by atoms with Crippen molar-refractivity contribution in [1.82, 2.24) is 20.5 Å². The van der Waals surface area contributed by atoms with E-state index in [1.54, 1.807) is 18.2 Å². The fourth-order valence-corrected chi connectivity index (χ4v) is 2.31. The summed E-state index contributed by atoms with van der Waals surface area (Å²) in [5.41, 5.74) is 3.05. The first kappa shape index (κ1) is 14.9. The van der Waals surface area contributed by atoms with E-state index in [4.69, 9.17) is 0 Å². The Morgan fingerprint density at radius 3 is 2.70 bits per heavy atom. The van der Waals surface area contributed by atoms with Crippen molar-refractivity contribution in [2.24, 2.45) is 0 Å². The summed E-state index contributed by atoms with van der Waals surface area (Å²) in [6.07, 6.45) is 1.42. The summed E-state index contributed by atoms with van der Waals surface area (Å²) in [6, 6.07) is 14.6. The van der Waals surface area contributed by atoms with Crippen molar-refractivity contribution in [3.05, 3.63) is 71.5 Å². The molecule has 0 radical (unpaired) electrons. The van der Waals surface area contributed by atoms with Crippen LogP contribution in [0.4, 0.5) is 0 Å². The second kappa shape index (κ2) is 6.85. The van der Waals surface area contributed by atoms with E-state index in [1.807, 2.05) is 30.3 Å². The number of amides is 1. The molecule has 6 heteroatoms. The molecule has 0 bridgehead atoms. The number of hydrogen-bond donors (Lipinski definition) is 3. The van der Waals surface area contributed by atoms with Crippen molar-refractivity contribution in [1.29, 1.82) is 0 Å². The molecule has 0 fully saturated rings. The normalized spacial score (nSPS) is 10.5. The molecule has 6 nitrogen and oxygen atoms in total. The zero-order chi connectivity index (χ0) is 16.1. The molecule has 0 aliphatic heterocycles. The predicted octanol–water partition coefficient (Wildman–Crippen LogP) is 1.89. The summed E-state index contributed by atoms with van der Waals surface area (Å²) >= 11 is 0. The van der Waals surface area contributed by atoms with Crippen LogP contribution in [0.25, 0.3) is 11.4 Å². The summed E-state index contributed by atoms with van der Waals surface area (Å²) in [4.78, 5) is 16.4. The van der Waals surface area contributed by atoms with Gasteiger partial charge in [0.05, 0.1) is 6.61 Å². The van der Waals surface area contributed by atoms with Crippen molar-refractivity contribution < 1.29 is 9.90 Å². The van der Waals surface area contributed by atoms with Gasteiger partial charge in [-0.1, -0.05) is 36.4 Å². The molecule has 3 aromatic rings. The topological polar surface area (TPSA) is 90.9 Å². The fourth-order valence-electron chi connectivity index (χ4n) is 2.31. The fraction of sp³-hybridized carbons (Fsp3) is 0.118. The number of aliphatic hydroxyl groups excluding tert-OH is 1. The van der Waals surface area contributed by atoms with Crippen LogP contribution in [0.15, 0.2) is 54.9 Å². The molecule has 0 aliphatic rings. The maximum atomic E-state index is 12.3. The Morgan fingerprint density at radius 2 is 1.96 bits per heavy atom. The van der Waals surface area contributed by atoms with Gasteiger partial charge in [0, 0.05) is 17.7 Å². The van der Waals surface area contributed by atoms with Gasteiger partial charge >= 0.3 is 0 Å². The van der Waals surface area contributed by atoms with Gasteiger partial charge in [-0.15, -0.1) is 0 Å². The summed E-state index contributed by atoms with van der Waals surface area (Å²) in [5.74, 6) is 0.435. The van der Waals surface area contributed by atoms with E-state index in [0.717, 1.165) is 16.7 Å². The molecule has 2 aromatic carbocycles. The molecule has 0 unspecified atom stereocenters. The molecule has 1 heterocycles. The van der Waals surface area contributed by atoms with Crippen LogP contribution >= 0.6 is 0 Å². The number of carbonyl (C=O) groups is 1. The van der Waals surface area contributed by atoms with Gasteiger partial charge in [0.2, 0.25) is 0 Å². The lowest BCUT2D eigenvalue weighted by Gasteiger charge is -2.09. The van der Waals surface area contributed by atoms with Crippen LogP contribution in [0, 0.1) is 0 Å². The second-order valence-corrected chi connectivity index (χ2v) is 5.02. The highest BCUT2D eigenvalue weighted by molar-refractivity contribution is 5.95. The smallest absolute Gasteiger partial charge is 0.251 e.